The van der Waals surface area contributed by atoms with Crippen molar-refractivity contribution in [2.45, 2.75) is 72.1 Å². The number of thiazole rings is 1. The molecular formula is C25H32N2O3S. The highest BCUT2D eigenvalue weighted by atomic mass is 32.1. The molecule has 0 aliphatic carbocycles. The van der Waals surface area contributed by atoms with E-state index in [1.807, 2.05) is 24.6 Å². The maximum absolute atomic E-state index is 13.7. The third-order valence-electron chi connectivity index (χ3n) is 6.03. The van der Waals surface area contributed by atoms with Gasteiger partial charge in [0.25, 0.3) is 0 Å². The average Bonchev–Trinajstić information content (AvgIpc) is 3.18. The monoisotopic (exact) mass is 440 g/mol. The molecule has 2 aromatic heterocycles. The fourth-order valence-corrected chi connectivity index (χ4v) is 5.52. The van der Waals surface area contributed by atoms with Gasteiger partial charge in [-0.1, -0.05) is 6.07 Å². The number of rotatable bonds is 4. The molecule has 1 fully saturated rings. The predicted octanol–water partition coefficient (Wildman–Crippen LogP) is 5.97. The Morgan fingerprint density at radius 2 is 1.94 bits per heavy atom. The third kappa shape index (κ3) is 4.34. The minimum atomic E-state index is -0.299. The molecular weight excluding hydrogens is 408 g/mol. The van der Waals surface area contributed by atoms with Gasteiger partial charge in [0.05, 0.1) is 33.1 Å². The molecule has 31 heavy (non-hydrogen) atoms. The van der Waals surface area contributed by atoms with Crippen LogP contribution in [0.3, 0.4) is 0 Å². The van der Waals surface area contributed by atoms with Crippen LogP contribution in [-0.4, -0.2) is 28.4 Å². The van der Waals surface area contributed by atoms with Crippen LogP contribution in [0.4, 0.5) is 0 Å². The summed E-state index contributed by atoms with van der Waals surface area (Å²) in [6, 6.07) is 6.42. The molecule has 1 unspecified atom stereocenters. The van der Waals surface area contributed by atoms with Crippen LogP contribution in [-0.2, 0) is 9.47 Å². The highest BCUT2D eigenvalue weighted by Gasteiger charge is 2.29. The highest BCUT2D eigenvalue weighted by molar-refractivity contribution is 7.16. The molecule has 4 rings (SSSR count). The number of hydrogen-bond acceptors (Lipinski definition) is 5. The first-order valence-corrected chi connectivity index (χ1v) is 11.9. The van der Waals surface area contributed by atoms with Gasteiger partial charge in [0.1, 0.15) is 0 Å². The van der Waals surface area contributed by atoms with Crippen molar-refractivity contribution in [1.82, 2.24) is 9.55 Å². The molecule has 1 atom stereocenters. The van der Waals surface area contributed by atoms with Crippen LogP contribution in [0.5, 0.6) is 0 Å². The molecule has 1 aromatic carbocycles. The van der Waals surface area contributed by atoms with Gasteiger partial charge >= 0.3 is 0 Å². The number of benzene rings is 1. The Kier molecular flexibility index (Phi) is 6.08. The van der Waals surface area contributed by atoms with Gasteiger partial charge in [-0.05, 0) is 72.1 Å². The Hall–Kier alpha value is -2.02. The van der Waals surface area contributed by atoms with Gasteiger partial charge in [0.15, 0.2) is 5.43 Å². The molecule has 166 valence electrons. The largest absolute Gasteiger partial charge is 0.381 e. The molecule has 0 amide bonds. The van der Waals surface area contributed by atoms with Gasteiger partial charge < -0.3 is 14.0 Å². The number of fused-ring (bicyclic) bond motifs is 1. The molecule has 0 bridgehead atoms. The van der Waals surface area contributed by atoms with E-state index in [4.69, 9.17) is 9.47 Å². The maximum atomic E-state index is 13.7. The lowest BCUT2D eigenvalue weighted by molar-refractivity contribution is -0.0580. The Morgan fingerprint density at radius 1 is 1.23 bits per heavy atom. The molecule has 0 spiro atoms. The van der Waals surface area contributed by atoms with Crippen molar-refractivity contribution in [1.29, 1.82) is 0 Å². The molecule has 1 aliphatic rings. The van der Waals surface area contributed by atoms with Gasteiger partial charge in [-0.15, -0.1) is 11.3 Å². The minimum absolute atomic E-state index is 0.0871. The zero-order valence-corrected chi connectivity index (χ0v) is 20.1. The van der Waals surface area contributed by atoms with Crippen molar-refractivity contribution in [3.8, 4) is 11.1 Å². The zero-order valence-electron chi connectivity index (χ0n) is 19.3. The van der Waals surface area contributed by atoms with Crippen LogP contribution in [0.2, 0.25) is 0 Å². The summed E-state index contributed by atoms with van der Waals surface area (Å²) in [7, 11) is 0. The predicted molar refractivity (Wildman–Crippen MR) is 127 cm³/mol. The lowest BCUT2D eigenvalue weighted by Crippen LogP contribution is -2.32. The Labute approximate surface area is 188 Å². The van der Waals surface area contributed by atoms with Crippen molar-refractivity contribution >= 4 is 21.6 Å². The summed E-state index contributed by atoms with van der Waals surface area (Å²) in [5.74, 6) is 0. The number of aromatic nitrogens is 2. The summed E-state index contributed by atoms with van der Waals surface area (Å²) in [4.78, 5) is 18.1. The summed E-state index contributed by atoms with van der Waals surface area (Å²) < 4.78 is 15.5. The van der Waals surface area contributed by atoms with Gasteiger partial charge in [-0.25, -0.2) is 4.98 Å². The van der Waals surface area contributed by atoms with E-state index >= 15 is 0 Å². The first-order chi connectivity index (χ1) is 14.7. The Balaban J connectivity index is 1.95. The zero-order chi connectivity index (χ0) is 22.3. The van der Waals surface area contributed by atoms with E-state index in [1.54, 1.807) is 11.3 Å². The van der Waals surface area contributed by atoms with Crippen LogP contribution in [0.1, 0.15) is 69.6 Å². The normalized spacial score (nSPS) is 16.7. The van der Waals surface area contributed by atoms with Crippen LogP contribution in [0, 0.1) is 13.8 Å². The van der Waals surface area contributed by atoms with Crippen LogP contribution >= 0.6 is 11.3 Å². The Bertz CT molecular complexity index is 1150. The van der Waals surface area contributed by atoms with Crippen LogP contribution in [0.25, 0.3) is 21.3 Å². The third-order valence-corrected chi connectivity index (χ3v) is 6.82. The molecule has 3 aromatic rings. The summed E-state index contributed by atoms with van der Waals surface area (Å²) in [5, 5.41) is 0. The smallest absolute Gasteiger partial charge is 0.192 e. The second-order valence-electron chi connectivity index (χ2n) is 9.42. The van der Waals surface area contributed by atoms with E-state index in [2.05, 4.69) is 50.2 Å². The van der Waals surface area contributed by atoms with Crippen molar-refractivity contribution in [3.63, 3.8) is 0 Å². The molecule has 1 saturated heterocycles. The number of ether oxygens (including phenoxy) is 2. The van der Waals surface area contributed by atoms with E-state index in [-0.39, 0.29) is 17.1 Å². The minimum Gasteiger partial charge on any atom is -0.381 e. The van der Waals surface area contributed by atoms with E-state index < -0.39 is 0 Å². The van der Waals surface area contributed by atoms with Crippen LogP contribution < -0.4 is 5.43 Å². The van der Waals surface area contributed by atoms with E-state index in [1.165, 1.54) is 0 Å². The van der Waals surface area contributed by atoms with Crippen molar-refractivity contribution in [2.24, 2.45) is 0 Å². The standard InChI is InChI=1S/C25H32N2O3S/c1-15-23(17(3)30-25(4,5)6)27(19-9-11-29-12-10-19)16(2)22(24(15)28)18-7-8-20-21(13-18)31-14-26-20/h7-8,13-14,17,19H,9-12H2,1-6H3. The van der Waals surface area contributed by atoms with E-state index in [0.717, 1.165) is 64.4 Å². The lowest BCUT2D eigenvalue weighted by atomic mass is 9.95. The summed E-state index contributed by atoms with van der Waals surface area (Å²) in [6.45, 7) is 13.7. The molecule has 3 heterocycles. The second-order valence-corrected chi connectivity index (χ2v) is 10.3. The number of pyridine rings is 1. The quantitative estimate of drug-likeness (QED) is 0.502. The van der Waals surface area contributed by atoms with E-state index in [9.17, 15) is 4.79 Å². The Morgan fingerprint density at radius 3 is 2.61 bits per heavy atom. The molecule has 5 nitrogen and oxygen atoms in total. The fourth-order valence-electron chi connectivity index (χ4n) is 4.80. The molecule has 6 heteroatoms. The van der Waals surface area contributed by atoms with Crippen molar-refractivity contribution in [2.75, 3.05) is 13.2 Å². The van der Waals surface area contributed by atoms with Gasteiger partial charge in [-0.2, -0.15) is 0 Å². The lowest BCUT2D eigenvalue weighted by Gasteiger charge is -2.35. The molecule has 1 aliphatic heterocycles. The highest BCUT2D eigenvalue weighted by Crippen LogP contribution is 2.35. The molecule has 0 N–H and O–H groups in total. The summed E-state index contributed by atoms with van der Waals surface area (Å²) in [5.41, 5.74) is 7.12. The summed E-state index contributed by atoms with van der Waals surface area (Å²) in [6.07, 6.45) is 1.68. The average molecular weight is 441 g/mol. The SMILES string of the molecule is Cc1c(C(C)OC(C)(C)C)n(C2CCOCC2)c(C)c(-c2ccc3ncsc3c2)c1=O. The number of hydrogen-bond donors (Lipinski definition) is 0. The first kappa shape index (κ1) is 22.2. The second kappa shape index (κ2) is 8.49. The molecule has 0 radical (unpaired) electrons. The van der Waals surface area contributed by atoms with Gasteiger partial charge in [-0.3, -0.25) is 4.79 Å². The van der Waals surface area contributed by atoms with E-state index in [0.29, 0.717) is 6.04 Å². The summed E-state index contributed by atoms with van der Waals surface area (Å²) >= 11 is 1.60. The fraction of sp³-hybridized carbons (Fsp3) is 0.520. The van der Waals surface area contributed by atoms with Crippen molar-refractivity contribution < 1.29 is 9.47 Å². The first-order valence-electron chi connectivity index (χ1n) is 11.0. The van der Waals surface area contributed by atoms with Crippen LogP contribution in [0.15, 0.2) is 28.5 Å². The van der Waals surface area contributed by atoms with Gasteiger partial charge in [0, 0.05) is 36.1 Å². The maximum Gasteiger partial charge on any atom is 0.192 e. The topological polar surface area (TPSA) is 53.4 Å². The molecule has 0 saturated carbocycles. The van der Waals surface area contributed by atoms with Gasteiger partial charge in [0.2, 0.25) is 0 Å². The number of nitrogens with zero attached hydrogens (tertiary/aromatic N) is 2. The van der Waals surface area contributed by atoms with Crippen molar-refractivity contribution in [3.05, 3.63) is 50.9 Å².